The van der Waals surface area contributed by atoms with E-state index in [0.717, 1.165) is 0 Å². The Morgan fingerprint density at radius 2 is 2.42 bits per heavy atom. The van der Waals surface area contributed by atoms with Gasteiger partial charge in [-0.3, -0.25) is 4.79 Å². The minimum Gasteiger partial charge on any atom is -0.480 e. The number of aliphatic carboxylic acids is 1. The number of alkyl halides is 1. The standard InChI is InChI=1S/C7H10ClNO2S/c1-7(8,12)3-2-5(4-9)6(10)11/h5,12H,2-3H2,1H3,(H,10,11). The predicted molar refractivity (Wildman–Crippen MR) is 49.2 cm³/mol. The van der Waals surface area contributed by atoms with Gasteiger partial charge in [0.05, 0.1) is 10.3 Å². The van der Waals surface area contributed by atoms with Crippen LogP contribution in [0.5, 0.6) is 0 Å². The molecule has 1 N–H and O–H groups in total. The third-order valence-corrected chi connectivity index (χ3v) is 1.76. The fourth-order valence-electron chi connectivity index (χ4n) is 0.651. The fourth-order valence-corrected chi connectivity index (χ4v) is 0.889. The molecular formula is C7H10ClNO2S. The van der Waals surface area contributed by atoms with Crippen LogP contribution in [0.1, 0.15) is 19.8 Å². The van der Waals surface area contributed by atoms with Gasteiger partial charge in [-0.1, -0.05) is 0 Å². The summed E-state index contributed by atoms with van der Waals surface area (Å²) in [5.41, 5.74) is 0. The summed E-state index contributed by atoms with van der Waals surface area (Å²) in [5, 5.41) is 16.9. The van der Waals surface area contributed by atoms with Crippen molar-refractivity contribution in [2.45, 2.75) is 24.0 Å². The second kappa shape index (κ2) is 4.58. The maximum absolute atomic E-state index is 10.4. The van der Waals surface area contributed by atoms with Crippen molar-refractivity contribution in [3.63, 3.8) is 0 Å². The number of hydrogen-bond donors (Lipinski definition) is 2. The highest BCUT2D eigenvalue weighted by molar-refractivity contribution is 7.83. The Hall–Kier alpha value is -0.400. The molecule has 0 aromatic carbocycles. The van der Waals surface area contributed by atoms with Crippen LogP contribution >= 0.6 is 24.2 Å². The highest BCUT2D eigenvalue weighted by Crippen LogP contribution is 2.26. The van der Waals surface area contributed by atoms with Gasteiger partial charge in [-0.25, -0.2) is 0 Å². The van der Waals surface area contributed by atoms with Crippen molar-refractivity contribution in [1.82, 2.24) is 0 Å². The monoisotopic (exact) mass is 207 g/mol. The maximum Gasteiger partial charge on any atom is 0.320 e. The molecule has 12 heavy (non-hydrogen) atoms. The van der Waals surface area contributed by atoms with E-state index >= 15 is 0 Å². The topological polar surface area (TPSA) is 61.1 Å². The smallest absolute Gasteiger partial charge is 0.320 e. The van der Waals surface area contributed by atoms with Crippen molar-refractivity contribution in [2.75, 3.05) is 0 Å². The van der Waals surface area contributed by atoms with Crippen LogP contribution in [0.25, 0.3) is 0 Å². The third-order valence-electron chi connectivity index (χ3n) is 1.34. The molecule has 0 aromatic heterocycles. The van der Waals surface area contributed by atoms with Crippen molar-refractivity contribution in [2.24, 2.45) is 5.92 Å². The van der Waals surface area contributed by atoms with Gasteiger partial charge in [-0.05, 0) is 19.8 Å². The van der Waals surface area contributed by atoms with Gasteiger partial charge in [0.15, 0.2) is 0 Å². The van der Waals surface area contributed by atoms with Crippen LogP contribution in [0.3, 0.4) is 0 Å². The Balaban J connectivity index is 3.92. The van der Waals surface area contributed by atoms with Crippen molar-refractivity contribution in [1.29, 1.82) is 5.26 Å². The first-order chi connectivity index (χ1) is 5.37. The summed E-state index contributed by atoms with van der Waals surface area (Å²) in [5.74, 6) is -2.08. The lowest BCUT2D eigenvalue weighted by Gasteiger charge is -2.14. The molecule has 68 valence electrons. The van der Waals surface area contributed by atoms with Crippen molar-refractivity contribution >= 4 is 30.2 Å². The summed E-state index contributed by atoms with van der Waals surface area (Å²) >= 11 is 9.70. The van der Waals surface area contributed by atoms with Crippen LogP contribution in [0.4, 0.5) is 0 Å². The number of carboxylic acids is 1. The zero-order valence-corrected chi connectivity index (χ0v) is 8.27. The lowest BCUT2D eigenvalue weighted by atomic mass is 10.0. The molecule has 0 aliphatic rings. The van der Waals surface area contributed by atoms with Crippen molar-refractivity contribution in [3.05, 3.63) is 0 Å². The lowest BCUT2D eigenvalue weighted by molar-refractivity contribution is -0.140. The van der Waals surface area contributed by atoms with Crippen LogP contribution in [-0.4, -0.2) is 15.3 Å². The number of rotatable bonds is 4. The van der Waals surface area contributed by atoms with Gasteiger partial charge < -0.3 is 5.11 Å². The number of thiol groups is 1. The molecular weight excluding hydrogens is 198 g/mol. The van der Waals surface area contributed by atoms with Gasteiger partial charge in [0, 0.05) is 0 Å². The molecule has 0 bridgehead atoms. The first-order valence-corrected chi connectivity index (χ1v) is 4.23. The molecule has 0 spiro atoms. The first-order valence-electron chi connectivity index (χ1n) is 3.40. The summed E-state index contributed by atoms with van der Waals surface area (Å²) in [6, 6.07) is 1.68. The van der Waals surface area contributed by atoms with Gasteiger partial charge in [0.25, 0.3) is 0 Å². The zero-order valence-electron chi connectivity index (χ0n) is 6.62. The highest BCUT2D eigenvalue weighted by Gasteiger charge is 2.21. The summed E-state index contributed by atoms with van der Waals surface area (Å²) in [4.78, 5) is 10.4. The normalized spacial score (nSPS) is 17.5. The van der Waals surface area contributed by atoms with Crippen molar-refractivity contribution < 1.29 is 9.90 Å². The molecule has 0 aromatic rings. The minimum atomic E-state index is -1.10. The zero-order chi connectivity index (χ0) is 9.78. The van der Waals surface area contributed by atoms with E-state index in [0.29, 0.717) is 6.42 Å². The van der Waals surface area contributed by atoms with Gasteiger partial charge in [0.1, 0.15) is 5.92 Å². The Morgan fingerprint density at radius 1 is 1.92 bits per heavy atom. The quantitative estimate of drug-likeness (QED) is 0.547. The molecule has 2 unspecified atom stereocenters. The molecule has 5 heteroatoms. The van der Waals surface area contributed by atoms with Gasteiger partial charge in [-0.2, -0.15) is 17.9 Å². The van der Waals surface area contributed by atoms with Crippen LogP contribution in [0.2, 0.25) is 0 Å². The Morgan fingerprint density at radius 3 is 2.67 bits per heavy atom. The summed E-state index contributed by atoms with van der Waals surface area (Å²) < 4.78 is -0.732. The SMILES string of the molecule is CC(S)(Cl)CCC(C#N)C(=O)O. The van der Waals surface area contributed by atoms with E-state index in [-0.39, 0.29) is 6.42 Å². The second-order valence-electron chi connectivity index (χ2n) is 2.70. The molecule has 0 saturated heterocycles. The molecule has 0 aliphatic carbocycles. The number of hydrogen-bond acceptors (Lipinski definition) is 3. The summed E-state index contributed by atoms with van der Waals surface area (Å²) in [6.45, 7) is 1.66. The largest absolute Gasteiger partial charge is 0.480 e. The van der Waals surface area contributed by atoms with E-state index in [1.807, 2.05) is 0 Å². The molecule has 0 rings (SSSR count). The average molecular weight is 208 g/mol. The number of nitriles is 1. The molecule has 0 radical (unpaired) electrons. The molecule has 2 atom stereocenters. The first kappa shape index (κ1) is 11.6. The summed E-state index contributed by atoms with van der Waals surface area (Å²) in [6.07, 6.45) is 0.623. The molecule has 0 fully saturated rings. The molecule has 0 aliphatic heterocycles. The fraction of sp³-hybridized carbons (Fsp3) is 0.714. The van der Waals surface area contributed by atoms with E-state index in [2.05, 4.69) is 12.6 Å². The van der Waals surface area contributed by atoms with Crippen molar-refractivity contribution in [3.8, 4) is 6.07 Å². The van der Waals surface area contributed by atoms with E-state index in [1.165, 1.54) is 0 Å². The number of halogens is 1. The van der Waals surface area contributed by atoms with E-state index in [9.17, 15) is 4.79 Å². The van der Waals surface area contributed by atoms with Crippen LogP contribution in [-0.2, 0) is 4.79 Å². The van der Waals surface area contributed by atoms with E-state index in [1.54, 1.807) is 13.0 Å². The minimum absolute atomic E-state index is 0.231. The predicted octanol–water partition coefficient (Wildman–Crippen LogP) is 1.88. The Labute approximate surface area is 81.7 Å². The van der Waals surface area contributed by atoms with Gasteiger partial charge >= 0.3 is 5.97 Å². The third kappa shape index (κ3) is 5.28. The van der Waals surface area contributed by atoms with Crippen LogP contribution < -0.4 is 0 Å². The molecule has 0 heterocycles. The summed E-state index contributed by atoms with van der Waals surface area (Å²) in [7, 11) is 0. The van der Waals surface area contributed by atoms with E-state index < -0.39 is 16.1 Å². The Kier molecular flexibility index (Phi) is 4.43. The van der Waals surface area contributed by atoms with Gasteiger partial charge in [-0.15, -0.1) is 11.6 Å². The number of carboxylic acid groups (broad SMARTS) is 1. The maximum atomic E-state index is 10.4. The number of carbonyl (C=O) groups is 1. The van der Waals surface area contributed by atoms with Crippen LogP contribution in [0, 0.1) is 17.2 Å². The lowest BCUT2D eigenvalue weighted by Crippen LogP contribution is -2.15. The second-order valence-corrected chi connectivity index (χ2v) is 4.79. The Bertz CT molecular complexity index is 206. The van der Waals surface area contributed by atoms with E-state index in [4.69, 9.17) is 22.0 Å². The van der Waals surface area contributed by atoms with Crippen LogP contribution in [0.15, 0.2) is 0 Å². The molecule has 0 amide bonds. The molecule has 3 nitrogen and oxygen atoms in total. The average Bonchev–Trinajstić information content (AvgIpc) is 1.85. The van der Waals surface area contributed by atoms with Gasteiger partial charge in [0.2, 0.25) is 0 Å². The molecule has 0 saturated carbocycles. The number of nitrogens with zero attached hydrogens (tertiary/aromatic N) is 1. The highest BCUT2D eigenvalue weighted by atomic mass is 35.5.